The zero-order valence-electron chi connectivity index (χ0n) is 17.2. The molecule has 0 fully saturated rings. The second kappa shape index (κ2) is 9.88. The molecule has 0 aliphatic carbocycles. The number of ether oxygens (including phenoxy) is 1. The van der Waals surface area contributed by atoms with Crippen LogP contribution in [-0.4, -0.2) is 36.4 Å². The normalized spacial score (nSPS) is 13.0. The molecule has 0 spiro atoms. The van der Waals surface area contributed by atoms with Crippen molar-refractivity contribution in [1.82, 2.24) is 24.9 Å². The Kier molecular flexibility index (Phi) is 6.75. The van der Waals surface area contributed by atoms with E-state index in [4.69, 9.17) is 19.9 Å². The maximum atomic E-state index is 10.8. The van der Waals surface area contributed by atoms with Crippen LogP contribution in [0.5, 0.6) is 5.88 Å². The monoisotopic (exact) mass is 473 g/mol. The number of phosphoric acid groups is 1. The number of pyridine rings is 2. The molecule has 0 saturated carbocycles. The maximum Gasteiger partial charge on any atom is 0.285 e. The predicted octanol–water partition coefficient (Wildman–Crippen LogP) is 0.302. The van der Waals surface area contributed by atoms with Crippen LogP contribution >= 0.6 is 7.82 Å². The molecule has 4 heterocycles. The third-order valence-corrected chi connectivity index (χ3v) is 4.96. The minimum atomic E-state index is -4.88. The Morgan fingerprint density at radius 1 is 1.33 bits per heavy atom. The van der Waals surface area contributed by atoms with Gasteiger partial charge in [-0.3, -0.25) is 14.8 Å². The van der Waals surface area contributed by atoms with Crippen LogP contribution < -0.4 is 19.9 Å². The van der Waals surface area contributed by atoms with E-state index < -0.39 is 14.6 Å². The first-order chi connectivity index (χ1) is 15.9. The van der Waals surface area contributed by atoms with Crippen LogP contribution in [0.3, 0.4) is 0 Å². The highest BCUT2D eigenvalue weighted by atomic mass is 31.2. The lowest BCUT2D eigenvalue weighted by Gasteiger charge is -2.14. The molecule has 14 heteroatoms. The average Bonchev–Trinajstić information content (AvgIpc) is 3.46. The number of anilines is 1. The molecule has 172 valence electrons. The van der Waals surface area contributed by atoms with Crippen molar-refractivity contribution in [3.05, 3.63) is 66.6 Å². The molecule has 4 aromatic rings. The SMILES string of the molecule is Nc1c(-c2cc(Cc3ccc(OCCn4cncn4)nc3)no2)ccc[n+]1COP(=O)([O-])O. The molecule has 3 N–H and O–H groups in total. The number of phosphoric ester groups is 1. The molecule has 4 aromatic heterocycles. The van der Waals surface area contributed by atoms with Gasteiger partial charge in [-0.1, -0.05) is 11.2 Å². The van der Waals surface area contributed by atoms with Crippen LogP contribution in [0.1, 0.15) is 11.3 Å². The molecule has 4 rings (SSSR count). The minimum Gasteiger partial charge on any atom is -0.756 e. The summed E-state index contributed by atoms with van der Waals surface area (Å²) in [5.74, 6) is 1.07. The van der Waals surface area contributed by atoms with Gasteiger partial charge < -0.3 is 19.0 Å². The quantitative estimate of drug-likeness (QED) is 0.239. The maximum absolute atomic E-state index is 10.8. The van der Waals surface area contributed by atoms with Crippen molar-refractivity contribution in [1.29, 1.82) is 0 Å². The van der Waals surface area contributed by atoms with Gasteiger partial charge in [0, 0.05) is 24.8 Å². The molecule has 0 radical (unpaired) electrons. The average molecular weight is 473 g/mol. The molecule has 0 amide bonds. The number of nitrogen functional groups attached to an aromatic ring is 1. The van der Waals surface area contributed by atoms with Crippen LogP contribution in [0.15, 0.2) is 59.9 Å². The molecule has 13 nitrogen and oxygen atoms in total. The fourth-order valence-electron chi connectivity index (χ4n) is 2.94. The zero-order valence-corrected chi connectivity index (χ0v) is 18.1. The lowest BCUT2D eigenvalue weighted by molar-refractivity contribution is -0.712. The van der Waals surface area contributed by atoms with E-state index in [1.807, 2.05) is 6.07 Å². The van der Waals surface area contributed by atoms with Crippen molar-refractivity contribution >= 4 is 13.6 Å². The lowest BCUT2D eigenvalue weighted by atomic mass is 10.1. The molecule has 0 aromatic carbocycles. The van der Waals surface area contributed by atoms with Crippen LogP contribution in [-0.2, 0) is 28.8 Å². The molecule has 0 bridgehead atoms. The van der Waals surface area contributed by atoms with Gasteiger partial charge in [-0.2, -0.15) is 5.10 Å². The largest absolute Gasteiger partial charge is 0.756 e. The summed E-state index contributed by atoms with van der Waals surface area (Å²) in [6.07, 6.45) is 6.74. The first kappa shape index (κ1) is 22.6. The fraction of sp³-hybridized carbons (Fsp3) is 0.211. The summed E-state index contributed by atoms with van der Waals surface area (Å²) >= 11 is 0. The highest BCUT2D eigenvalue weighted by Crippen LogP contribution is 2.30. The molecule has 1 unspecified atom stereocenters. The van der Waals surface area contributed by atoms with E-state index in [0.29, 0.717) is 42.5 Å². The Labute approximate surface area is 187 Å². The number of hydrogen-bond donors (Lipinski definition) is 2. The van der Waals surface area contributed by atoms with Crippen molar-refractivity contribution in [2.24, 2.45) is 0 Å². The lowest BCUT2D eigenvalue weighted by Crippen LogP contribution is -2.38. The third-order valence-electron chi connectivity index (χ3n) is 4.52. The predicted molar refractivity (Wildman–Crippen MR) is 110 cm³/mol. The van der Waals surface area contributed by atoms with Gasteiger partial charge in [0.15, 0.2) is 12.5 Å². The van der Waals surface area contributed by atoms with Crippen molar-refractivity contribution in [2.75, 3.05) is 12.3 Å². The van der Waals surface area contributed by atoms with E-state index >= 15 is 0 Å². The van der Waals surface area contributed by atoms with Crippen molar-refractivity contribution in [3.8, 4) is 17.2 Å². The Balaban J connectivity index is 1.37. The number of hydrogen-bond acceptors (Lipinski definition) is 10. The second-order valence-corrected chi connectivity index (χ2v) is 8.07. The van der Waals surface area contributed by atoms with Gasteiger partial charge in [0.1, 0.15) is 24.8 Å². The fourth-order valence-corrected chi connectivity index (χ4v) is 3.21. The Morgan fingerprint density at radius 2 is 2.21 bits per heavy atom. The molecule has 0 saturated heterocycles. The molecule has 0 aliphatic rings. The first-order valence-corrected chi connectivity index (χ1v) is 11.2. The molecular formula is C19H20N7O6P. The zero-order chi connectivity index (χ0) is 23.3. The van der Waals surface area contributed by atoms with E-state index in [0.717, 1.165) is 5.56 Å². The topological polar surface area (TPSA) is 178 Å². The number of nitrogens with zero attached hydrogens (tertiary/aromatic N) is 6. The summed E-state index contributed by atoms with van der Waals surface area (Å²) in [6, 6.07) is 8.70. The second-order valence-electron chi connectivity index (χ2n) is 6.87. The summed E-state index contributed by atoms with van der Waals surface area (Å²) in [5.41, 5.74) is 8.13. The van der Waals surface area contributed by atoms with Gasteiger partial charge in [0.2, 0.25) is 5.88 Å². The van der Waals surface area contributed by atoms with Crippen LogP contribution in [0.2, 0.25) is 0 Å². The van der Waals surface area contributed by atoms with Crippen molar-refractivity contribution in [3.63, 3.8) is 0 Å². The first-order valence-electron chi connectivity index (χ1n) is 9.70. The summed E-state index contributed by atoms with van der Waals surface area (Å²) in [6.45, 7) is 0.503. The van der Waals surface area contributed by atoms with E-state index in [9.17, 15) is 9.46 Å². The molecule has 33 heavy (non-hydrogen) atoms. The number of aromatic nitrogens is 6. The molecule has 0 aliphatic heterocycles. The van der Waals surface area contributed by atoms with Gasteiger partial charge in [0.05, 0.1) is 18.4 Å². The van der Waals surface area contributed by atoms with Crippen LogP contribution in [0.25, 0.3) is 11.3 Å². The van der Waals surface area contributed by atoms with Crippen molar-refractivity contribution < 1.29 is 32.7 Å². The van der Waals surface area contributed by atoms with Crippen LogP contribution in [0.4, 0.5) is 5.82 Å². The Bertz CT molecular complexity index is 1240. The van der Waals surface area contributed by atoms with Gasteiger partial charge >= 0.3 is 0 Å². The Morgan fingerprint density at radius 3 is 2.94 bits per heavy atom. The van der Waals surface area contributed by atoms with E-state index in [2.05, 4.69) is 24.7 Å². The van der Waals surface area contributed by atoms with Gasteiger partial charge in [-0.25, -0.2) is 19.2 Å². The van der Waals surface area contributed by atoms with Crippen molar-refractivity contribution in [2.45, 2.75) is 19.7 Å². The van der Waals surface area contributed by atoms with Gasteiger partial charge in [0.25, 0.3) is 13.6 Å². The highest BCUT2D eigenvalue weighted by Gasteiger charge is 2.18. The molecule has 1 atom stereocenters. The van der Waals surface area contributed by atoms with E-state index in [-0.39, 0.29) is 5.82 Å². The van der Waals surface area contributed by atoms with Crippen LogP contribution in [0, 0.1) is 0 Å². The van der Waals surface area contributed by atoms with E-state index in [1.165, 1.54) is 17.1 Å². The summed E-state index contributed by atoms with van der Waals surface area (Å²) < 4.78 is 29.2. The summed E-state index contributed by atoms with van der Waals surface area (Å²) in [7, 11) is -4.88. The highest BCUT2D eigenvalue weighted by molar-refractivity contribution is 7.44. The number of nitrogens with two attached hydrogens (primary N) is 1. The Hall–Kier alpha value is -3.64. The minimum absolute atomic E-state index is 0.183. The standard InChI is InChI=1S/C19H20N7O6P/c20-19-16(2-1-5-25(19)13-31-33(27,28)29)17-9-15(24-32-17)8-14-3-4-18(22-10-14)30-7-6-26-12-21-11-23-26/h1-5,9-12,20H,6-8,13H2,(H2,27,28,29). The summed E-state index contributed by atoms with van der Waals surface area (Å²) in [5, 5.41) is 8.07. The summed E-state index contributed by atoms with van der Waals surface area (Å²) in [4.78, 5) is 27.8. The smallest absolute Gasteiger partial charge is 0.285 e. The third kappa shape index (κ3) is 6.20. The van der Waals surface area contributed by atoms with E-state index in [1.54, 1.807) is 41.5 Å². The van der Waals surface area contributed by atoms with Gasteiger partial charge in [-0.15, -0.1) is 0 Å². The molecular weight excluding hydrogens is 453 g/mol. The van der Waals surface area contributed by atoms with Gasteiger partial charge in [-0.05, 0) is 17.7 Å². The number of rotatable bonds is 10.